The summed E-state index contributed by atoms with van der Waals surface area (Å²) in [7, 11) is 0. The molecule has 0 atom stereocenters. The van der Waals surface area contributed by atoms with E-state index in [1.165, 1.54) is 13.8 Å². The quantitative estimate of drug-likeness (QED) is 0.303. The average Bonchev–Trinajstić information content (AvgIpc) is 2.35. The summed E-state index contributed by atoms with van der Waals surface area (Å²) in [6, 6.07) is 0. The van der Waals surface area contributed by atoms with E-state index in [-0.39, 0.29) is 11.1 Å². The van der Waals surface area contributed by atoms with Crippen LogP contribution in [0, 0.1) is 0 Å². The summed E-state index contributed by atoms with van der Waals surface area (Å²) >= 11 is 0. The Morgan fingerprint density at radius 2 is 0.700 bits per heavy atom. The van der Waals surface area contributed by atoms with Gasteiger partial charge in [0.25, 0.3) is 11.5 Å². The molecule has 0 aromatic heterocycles. The molecule has 0 aromatic carbocycles. The molecular weight excluding hydrogens is 280 g/mol. The van der Waals surface area contributed by atoms with E-state index in [0.717, 1.165) is 0 Å². The van der Waals surface area contributed by atoms with Gasteiger partial charge in [-0.05, 0) is 13.8 Å². The third kappa shape index (κ3) is 6.64. The number of aliphatic hydroxyl groups excluding tert-OH is 2. The minimum atomic E-state index is -1.89. The highest BCUT2D eigenvalue weighted by Crippen LogP contribution is 2.02. The van der Waals surface area contributed by atoms with E-state index in [4.69, 9.17) is 30.6 Å². The Morgan fingerprint density at radius 1 is 0.500 bits per heavy atom. The predicted octanol–water partition coefficient (Wildman–Crippen LogP) is -0.0248. The molecule has 6 N–H and O–H groups in total. The first-order valence-electron chi connectivity index (χ1n) is 4.66. The number of aliphatic carboxylic acids is 4. The van der Waals surface area contributed by atoms with Crippen LogP contribution >= 0.6 is 0 Å². The summed E-state index contributed by atoms with van der Waals surface area (Å²) in [6.45, 7) is 2.51. The maximum Gasteiger partial charge on any atom is 0.375 e. The lowest BCUT2D eigenvalue weighted by Crippen LogP contribution is -2.10. The summed E-state index contributed by atoms with van der Waals surface area (Å²) in [5.41, 5.74) is -0.264. The van der Waals surface area contributed by atoms with Gasteiger partial charge in [-0.3, -0.25) is 0 Å². The van der Waals surface area contributed by atoms with Gasteiger partial charge >= 0.3 is 23.9 Å². The van der Waals surface area contributed by atoms with Crippen LogP contribution in [0.4, 0.5) is 0 Å². The van der Waals surface area contributed by atoms with Crippen LogP contribution in [0.1, 0.15) is 13.8 Å². The highest BCUT2D eigenvalue weighted by molar-refractivity contribution is 5.97. The third-order valence-corrected chi connectivity index (χ3v) is 1.83. The van der Waals surface area contributed by atoms with Crippen molar-refractivity contribution in [3.05, 3.63) is 22.7 Å². The Bertz CT molecular complexity index is 406. The van der Waals surface area contributed by atoms with E-state index in [2.05, 4.69) is 0 Å². The van der Waals surface area contributed by atoms with Gasteiger partial charge in [-0.2, -0.15) is 0 Å². The van der Waals surface area contributed by atoms with Gasteiger partial charge in [-0.1, -0.05) is 0 Å². The van der Waals surface area contributed by atoms with Gasteiger partial charge in [0.2, 0.25) is 0 Å². The second-order valence-corrected chi connectivity index (χ2v) is 3.17. The topological polar surface area (TPSA) is 190 Å². The van der Waals surface area contributed by atoms with Crippen molar-refractivity contribution >= 4 is 23.9 Å². The highest BCUT2D eigenvalue weighted by atomic mass is 16.4. The van der Waals surface area contributed by atoms with Crippen molar-refractivity contribution in [1.29, 1.82) is 0 Å². The summed E-state index contributed by atoms with van der Waals surface area (Å²) in [4.78, 5) is 39.7. The maximum absolute atomic E-state index is 10.1. The molecule has 0 aliphatic rings. The Morgan fingerprint density at radius 3 is 0.800 bits per heavy atom. The highest BCUT2D eigenvalue weighted by Gasteiger charge is 2.17. The monoisotopic (exact) mass is 292 g/mol. The number of rotatable bonds is 4. The minimum Gasteiger partial charge on any atom is -0.499 e. The molecule has 20 heavy (non-hydrogen) atoms. The lowest BCUT2D eigenvalue weighted by atomic mass is 10.1. The van der Waals surface area contributed by atoms with E-state index >= 15 is 0 Å². The molecule has 0 amide bonds. The first kappa shape index (κ1) is 19.3. The van der Waals surface area contributed by atoms with E-state index in [9.17, 15) is 19.2 Å². The number of hydrogen-bond donors (Lipinski definition) is 6. The van der Waals surface area contributed by atoms with Gasteiger partial charge in [0.05, 0.1) is 0 Å². The lowest BCUT2D eigenvalue weighted by Gasteiger charge is -1.95. The number of carboxylic acids is 4. The van der Waals surface area contributed by atoms with Crippen LogP contribution in [-0.4, -0.2) is 54.5 Å². The van der Waals surface area contributed by atoms with Gasteiger partial charge in [-0.15, -0.1) is 0 Å². The van der Waals surface area contributed by atoms with Crippen LogP contribution in [0.2, 0.25) is 0 Å². The average molecular weight is 292 g/mol. The van der Waals surface area contributed by atoms with Crippen molar-refractivity contribution < 1.29 is 49.8 Å². The lowest BCUT2D eigenvalue weighted by molar-refractivity contribution is -0.140. The first-order valence-corrected chi connectivity index (χ1v) is 4.66. The Kier molecular flexibility index (Phi) is 7.85. The fraction of sp³-hybridized carbons (Fsp3) is 0.200. The van der Waals surface area contributed by atoms with Gasteiger partial charge < -0.3 is 30.6 Å². The van der Waals surface area contributed by atoms with Gasteiger partial charge in [0.1, 0.15) is 0 Å². The van der Waals surface area contributed by atoms with Gasteiger partial charge in [0, 0.05) is 11.1 Å². The Balaban J connectivity index is 0. The first-order chi connectivity index (χ1) is 8.93. The molecule has 112 valence electrons. The summed E-state index contributed by atoms with van der Waals surface area (Å²) in [6.07, 6.45) is 0. The van der Waals surface area contributed by atoms with E-state index in [0.29, 0.717) is 0 Å². The molecular formula is C10H12O10. The standard InChI is InChI=1S/C6H8O4.C4H4O6/c1-3(5(7)8)4(2)6(9)10;5-1(3(7)8)2(6)4(9)10/h1-2H3,(H,7,8)(H,9,10);5-6H,(H,7,8)(H,9,10)/b4-3+;2-1+. The SMILES string of the molecule is C/C(C(=O)O)=C(/C)C(=O)O.O=C(O)/C(O)=C(\O)C(=O)O. The van der Waals surface area contributed by atoms with Crippen LogP contribution in [0.15, 0.2) is 22.7 Å². The summed E-state index contributed by atoms with van der Waals surface area (Å²) < 4.78 is 0. The van der Waals surface area contributed by atoms with Crippen molar-refractivity contribution in [3.63, 3.8) is 0 Å². The van der Waals surface area contributed by atoms with E-state index in [1.807, 2.05) is 0 Å². The molecule has 0 saturated carbocycles. The number of carbonyl (C=O) groups is 4. The third-order valence-electron chi connectivity index (χ3n) is 1.83. The second kappa shape index (κ2) is 8.13. The molecule has 0 saturated heterocycles. The Labute approximate surface area is 111 Å². The number of aliphatic hydroxyl groups is 2. The van der Waals surface area contributed by atoms with Crippen LogP contribution in [0.5, 0.6) is 0 Å². The van der Waals surface area contributed by atoms with Crippen LogP contribution in [0.3, 0.4) is 0 Å². The van der Waals surface area contributed by atoms with Crippen LogP contribution < -0.4 is 0 Å². The molecule has 0 aliphatic heterocycles. The van der Waals surface area contributed by atoms with Gasteiger partial charge in [-0.25, -0.2) is 19.2 Å². The van der Waals surface area contributed by atoms with Crippen molar-refractivity contribution in [1.82, 2.24) is 0 Å². The zero-order chi connectivity index (χ0) is 16.6. The predicted molar refractivity (Wildman–Crippen MR) is 61.2 cm³/mol. The molecule has 0 aromatic rings. The zero-order valence-corrected chi connectivity index (χ0v) is 10.3. The summed E-state index contributed by atoms with van der Waals surface area (Å²) in [5.74, 6) is -9.32. The smallest absolute Gasteiger partial charge is 0.375 e. The minimum absolute atomic E-state index is 0.132. The second-order valence-electron chi connectivity index (χ2n) is 3.17. The maximum atomic E-state index is 10.1. The van der Waals surface area contributed by atoms with E-state index in [1.54, 1.807) is 0 Å². The molecule has 0 fully saturated rings. The molecule has 10 nitrogen and oxygen atoms in total. The summed E-state index contributed by atoms with van der Waals surface area (Å²) in [5, 5.41) is 48.7. The van der Waals surface area contributed by atoms with E-state index < -0.39 is 35.4 Å². The van der Waals surface area contributed by atoms with Crippen LogP contribution in [-0.2, 0) is 19.2 Å². The Hall–Kier alpha value is -3.04. The molecule has 10 heteroatoms. The van der Waals surface area contributed by atoms with Crippen molar-refractivity contribution in [3.8, 4) is 0 Å². The van der Waals surface area contributed by atoms with Crippen molar-refractivity contribution in [2.75, 3.05) is 0 Å². The normalized spacial score (nSPS) is 12.1. The zero-order valence-electron chi connectivity index (χ0n) is 10.3. The number of carboxylic acid groups (broad SMARTS) is 4. The molecule has 0 rings (SSSR count). The molecule has 0 aliphatic carbocycles. The molecule has 0 heterocycles. The fourth-order valence-electron chi connectivity index (χ4n) is 0.523. The molecule has 0 spiro atoms. The molecule has 0 unspecified atom stereocenters. The fourth-order valence-corrected chi connectivity index (χ4v) is 0.523. The number of hydrogen-bond acceptors (Lipinski definition) is 6. The van der Waals surface area contributed by atoms with Crippen molar-refractivity contribution in [2.45, 2.75) is 13.8 Å². The van der Waals surface area contributed by atoms with Gasteiger partial charge in [0.15, 0.2) is 0 Å². The van der Waals surface area contributed by atoms with Crippen molar-refractivity contribution in [2.24, 2.45) is 0 Å². The molecule has 0 bridgehead atoms. The van der Waals surface area contributed by atoms with Crippen LogP contribution in [0.25, 0.3) is 0 Å². The molecule has 0 radical (unpaired) electrons. The largest absolute Gasteiger partial charge is 0.499 e.